The standard InChI is InChI=1S/C30H31FN4O2/c31-25-10-12-26(13-11-25)34-30(37)23-16-22(29(36)32-15-14-21-6-2-1-3-7-21)18-35(19-23)20-24-17-33-28-9-5-4-8-27(24)28/h1-13,17,22-23,33H,14-16,18-20H2,(H,32,36)(H,34,37)/t22-,23+/m0/s1. The molecular weight excluding hydrogens is 467 g/mol. The number of hydrogen-bond acceptors (Lipinski definition) is 3. The predicted octanol–water partition coefficient (Wildman–Crippen LogP) is 4.74. The maximum absolute atomic E-state index is 13.3. The van der Waals surface area contributed by atoms with Crippen LogP contribution in [0, 0.1) is 17.7 Å². The molecule has 5 rings (SSSR count). The fraction of sp³-hybridized carbons (Fsp3) is 0.267. The minimum atomic E-state index is -0.367. The van der Waals surface area contributed by atoms with Crippen molar-refractivity contribution in [3.8, 4) is 0 Å². The maximum Gasteiger partial charge on any atom is 0.228 e. The van der Waals surface area contributed by atoms with Crippen molar-refractivity contribution in [3.63, 3.8) is 0 Å². The number of H-pyrrole nitrogens is 1. The van der Waals surface area contributed by atoms with Gasteiger partial charge in [-0.3, -0.25) is 14.5 Å². The number of hydrogen-bond donors (Lipinski definition) is 3. The summed E-state index contributed by atoms with van der Waals surface area (Å²) in [7, 11) is 0. The van der Waals surface area contributed by atoms with Crippen molar-refractivity contribution < 1.29 is 14.0 Å². The second-order valence-corrected chi connectivity index (χ2v) is 9.71. The van der Waals surface area contributed by atoms with Crippen molar-refractivity contribution in [2.75, 3.05) is 25.0 Å². The number of halogens is 1. The quantitative estimate of drug-likeness (QED) is 0.328. The molecule has 0 aliphatic carbocycles. The molecule has 2 amide bonds. The Morgan fingerprint density at radius 3 is 2.38 bits per heavy atom. The number of para-hydroxylation sites is 1. The van der Waals surface area contributed by atoms with Crippen LogP contribution < -0.4 is 10.6 Å². The molecule has 6 nitrogen and oxygen atoms in total. The number of aromatic nitrogens is 1. The summed E-state index contributed by atoms with van der Waals surface area (Å²) in [6.45, 7) is 2.31. The molecule has 4 aromatic rings. The zero-order valence-electron chi connectivity index (χ0n) is 20.6. The molecule has 190 valence electrons. The van der Waals surface area contributed by atoms with Crippen molar-refractivity contribution in [1.29, 1.82) is 0 Å². The van der Waals surface area contributed by atoms with Crippen LogP contribution >= 0.6 is 0 Å². The average molecular weight is 499 g/mol. The summed E-state index contributed by atoms with van der Waals surface area (Å²) < 4.78 is 13.3. The molecule has 3 aromatic carbocycles. The van der Waals surface area contributed by atoms with Gasteiger partial charge in [-0.1, -0.05) is 48.5 Å². The molecule has 0 radical (unpaired) electrons. The van der Waals surface area contributed by atoms with Crippen LogP contribution in [0.5, 0.6) is 0 Å². The maximum atomic E-state index is 13.3. The number of piperidine rings is 1. The van der Waals surface area contributed by atoms with E-state index in [0.29, 0.717) is 38.3 Å². The number of nitrogens with one attached hydrogen (secondary N) is 3. The van der Waals surface area contributed by atoms with Crippen molar-refractivity contribution in [1.82, 2.24) is 15.2 Å². The largest absolute Gasteiger partial charge is 0.361 e. The predicted molar refractivity (Wildman–Crippen MR) is 143 cm³/mol. The second kappa shape index (κ2) is 11.4. The highest BCUT2D eigenvalue weighted by atomic mass is 19.1. The first-order valence-electron chi connectivity index (χ1n) is 12.7. The lowest BCUT2D eigenvalue weighted by Crippen LogP contribution is -2.49. The van der Waals surface area contributed by atoms with Crippen LogP contribution in [0.2, 0.25) is 0 Å². The number of amides is 2. The van der Waals surface area contributed by atoms with E-state index in [1.807, 2.05) is 54.7 Å². The third-order valence-electron chi connectivity index (χ3n) is 7.00. The fourth-order valence-electron chi connectivity index (χ4n) is 5.10. The van der Waals surface area contributed by atoms with Gasteiger partial charge in [0.1, 0.15) is 5.82 Å². The third kappa shape index (κ3) is 6.24. The number of fused-ring (bicyclic) bond motifs is 1. The molecule has 1 fully saturated rings. The summed E-state index contributed by atoms with van der Waals surface area (Å²) in [5, 5.41) is 7.12. The highest BCUT2D eigenvalue weighted by molar-refractivity contribution is 5.93. The van der Waals surface area contributed by atoms with E-state index < -0.39 is 0 Å². The van der Waals surface area contributed by atoms with Gasteiger partial charge in [-0.25, -0.2) is 4.39 Å². The number of anilines is 1. The fourth-order valence-corrected chi connectivity index (χ4v) is 5.10. The molecular formula is C30H31FN4O2. The van der Waals surface area contributed by atoms with Crippen LogP contribution in [0.15, 0.2) is 85.1 Å². The lowest BCUT2D eigenvalue weighted by Gasteiger charge is -2.36. The molecule has 3 N–H and O–H groups in total. The Balaban J connectivity index is 1.28. The van der Waals surface area contributed by atoms with Crippen LogP contribution in [0.4, 0.5) is 10.1 Å². The van der Waals surface area contributed by atoms with E-state index in [9.17, 15) is 14.0 Å². The van der Waals surface area contributed by atoms with Gasteiger partial charge in [0.25, 0.3) is 0 Å². The van der Waals surface area contributed by atoms with Gasteiger partial charge in [0.2, 0.25) is 11.8 Å². The highest BCUT2D eigenvalue weighted by Crippen LogP contribution is 2.27. The summed E-state index contributed by atoms with van der Waals surface area (Å²) >= 11 is 0. The highest BCUT2D eigenvalue weighted by Gasteiger charge is 2.35. The molecule has 37 heavy (non-hydrogen) atoms. The van der Waals surface area contributed by atoms with Gasteiger partial charge < -0.3 is 15.6 Å². The Bertz CT molecular complexity index is 1350. The normalized spacial score (nSPS) is 18.0. The molecule has 2 heterocycles. The Morgan fingerprint density at radius 1 is 0.892 bits per heavy atom. The lowest BCUT2D eigenvalue weighted by molar-refractivity contribution is -0.130. The van der Waals surface area contributed by atoms with Gasteiger partial charge in [0.05, 0.1) is 11.8 Å². The molecule has 0 spiro atoms. The minimum Gasteiger partial charge on any atom is -0.361 e. The van der Waals surface area contributed by atoms with E-state index in [0.717, 1.165) is 22.9 Å². The number of benzene rings is 3. The van der Waals surface area contributed by atoms with E-state index in [1.54, 1.807) is 12.1 Å². The molecule has 1 aromatic heterocycles. The number of carbonyl (C=O) groups excluding carboxylic acids is 2. The number of likely N-dealkylation sites (tertiary alicyclic amines) is 1. The number of nitrogens with zero attached hydrogens (tertiary/aromatic N) is 1. The lowest BCUT2D eigenvalue weighted by atomic mass is 9.87. The van der Waals surface area contributed by atoms with Gasteiger partial charge >= 0.3 is 0 Å². The number of rotatable bonds is 8. The van der Waals surface area contributed by atoms with Crippen LogP contribution in [0.25, 0.3) is 10.9 Å². The number of carbonyl (C=O) groups is 2. The second-order valence-electron chi connectivity index (χ2n) is 9.71. The van der Waals surface area contributed by atoms with Crippen LogP contribution in [0.1, 0.15) is 17.5 Å². The van der Waals surface area contributed by atoms with E-state index in [4.69, 9.17) is 0 Å². The third-order valence-corrected chi connectivity index (χ3v) is 7.00. The first kappa shape index (κ1) is 24.7. The summed E-state index contributed by atoms with van der Waals surface area (Å²) in [5.74, 6) is -1.21. The topological polar surface area (TPSA) is 77.2 Å². The Morgan fingerprint density at radius 2 is 1.59 bits per heavy atom. The van der Waals surface area contributed by atoms with Crippen LogP contribution in [0.3, 0.4) is 0 Å². The molecule has 7 heteroatoms. The van der Waals surface area contributed by atoms with E-state index in [2.05, 4.69) is 26.6 Å². The Hall–Kier alpha value is -3.97. The summed E-state index contributed by atoms with van der Waals surface area (Å²) in [5.41, 5.74) is 3.92. The molecule has 1 saturated heterocycles. The summed E-state index contributed by atoms with van der Waals surface area (Å²) in [6.07, 6.45) is 3.23. The van der Waals surface area contributed by atoms with Crippen molar-refractivity contribution >= 4 is 28.4 Å². The minimum absolute atomic E-state index is 0.0286. The smallest absolute Gasteiger partial charge is 0.228 e. The van der Waals surface area contributed by atoms with Crippen LogP contribution in [-0.2, 0) is 22.6 Å². The molecule has 2 atom stereocenters. The van der Waals surface area contributed by atoms with Crippen LogP contribution in [-0.4, -0.2) is 41.3 Å². The van der Waals surface area contributed by atoms with Crippen molar-refractivity contribution in [3.05, 3.63) is 102 Å². The Labute approximate surface area is 215 Å². The van der Waals surface area contributed by atoms with Gasteiger partial charge in [-0.2, -0.15) is 0 Å². The SMILES string of the molecule is O=C(NCCc1ccccc1)[C@H]1C[C@@H](C(=O)Nc2ccc(F)cc2)CN(Cc2c[nH]c3ccccc23)C1. The average Bonchev–Trinajstić information content (AvgIpc) is 3.33. The monoisotopic (exact) mass is 498 g/mol. The van der Waals surface area contributed by atoms with Crippen molar-refractivity contribution in [2.24, 2.45) is 11.8 Å². The first-order valence-corrected chi connectivity index (χ1v) is 12.7. The first-order chi connectivity index (χ1) is 18.0. The molecule has 0 saturated carbocycles. The van der Waals surface area contributed by atoms with Gasteiger partial charge in [-0.05, 0) is 54.3 Å². The van der Waals surface area contributed by atoms with E-state index >= 15 is 0 Å². The zero-order chi connectivity index (χ0) is 25.6. The Kier molecular flexibility index (Phi) is 7.61. The zero-order valence-corrected chi connectivity index (χ0v) is 20.6. The van der Waals surface area contributed by atoms with E-state index in [1.165, 1.54) is 17.7 Å². The van der Waals surface area contributed by atoms with Gasteiger partial charge in [-0.15, -0.1) is 0 Å². The molecule has 0 bridgehead atoms. The van der Waals surface area contributed by atoms with Gasteiger partial charge in [0.15, 0.2) is 0 Å². The van der Waals surface area contributed by atoms with Crippen molar-refractivity contribution in [2.45, 2.75) is 19.4 Å². The molecule has 1 aliphatic rings. The summed E-state index contributed by atoms with van der Waals surface area (Å²) in [6, 6.07) is 23.9. The van der Waals surface area contributed by atoms with E-state index in [-0.39, 0.29) is 29.5 Å². The van der Waals surface area contributed by atoms with Gasteiger partial charge in [0, 0.05) is 49.0 Å². The molecule has 0 unspecified atom stereocenters. The summed E-state index contributed by atoms with van der Waals surface area (Å²) in [4.78, 5) is 31.9. The number of aromatic amines is 1. The molecule has 1 aliphatic heterocycles.